The van der Waals surface area contributed by atoms with Crippen molar-refractivity contribution in [2.24, 2.45) is 0 Å². The van der Waals surface area contributed by atoms with Gasteiger partial charge in [-0.3, -0.25) is 9.11 Å². The molecule has 0 aliphatic heterocycles. The van der Waals surface area contributed by atoms with E-state index in [1.54, 1.807) is 0 Å². The lowest BCUT2D eigenvalue weighted by Gasteiger charge is -2.14. The molecule has 0 unspecified atom stereocenters. The molecule has 356 valence electrons. The predicted molar refractivity (Wildman–Crippen MR) is 282 cm³/mol. The van der Waals surface area contributed by atoms with Crippen molar-refractivity contribution in [2.45, 2.75) is 9.79 Å². The smallest absolute Gasteiger partial charge is 0.295 e. The average molecular weight is 993 g/mol. The molecular weight excluding hydrogens is 953 g/mol. The van der Waals surface area contributed by atoms with Gasteiger partial charge in [0.15, 0.2) is 0 Å². The molecule has 20 heteroatoms. The van der Waals surface area contributed by atoms with Crippen LogP contribution in [0.4, 0.5) is 69.8 Å². The standard InChI is InChI=1S/C52H40N12O6S2/c65-71(66,67)45-31-39(55-49-59-47(53-37-17-3-1-4-18-37)61-51(63-49)57-43-23-11-15-33-13-7-9-21-41(33)43)29-27-35(45)25-26-36-28-30-40(32-46(36)72(68,69)70)56-50-60-48(54-38-19-5-2-6-20-38)62-52(64-50)58-44-24-12-16-34-14-8-10-22-42(34)44/h1-32H,(H,65,66,67)(H,68,69,70)(H3,53,55,57,59,61,63)(H3,54,56,58,60,62,64). The molecule has 10 aromatic rings. The number of para-hydroxylation sites is 2. The summed E-state index contributed by atoms with van der Waals surface area (Å²) in [5.41, 5.74) is 3.20. The zero-order chi connectivity index (χ0) is 49.7. The number of anilines is 12. The number of fused-ring (bicyclic) bond motifs is 2. The Bertz CT molecular complexity index is 3650. The molecule has 0 aliphatic carbocycles. The highest BCUT2D eigenvalue weighted by Gasteiger charge is 2.20. The van der Waals surface area contributed by atoms with Crippen LogP contribution in [0.15, 0.2) is 192 Å². The van der Waals surface area contributed by atoms with Gasteiger partial charge in [0, 0.05) is 44.9 Å². The molecular formula is C52H40N12O6S2. The van der Waals surface area contributed by atoms with E-state index in [0.29, 0.717) is 11.4 Å². The summed E-state index contributed by atoms with van der Waals surface area (Å²) in [4.78, 5) is 26.3. The van der Waals surface area contributed by atoms with Crippen LogP contribution in [0, 0.1) is 0 Å². The molecule has 0 bridgehead atoms. The number of nitrogens with zero attached hydrogens (tertiary/aromatic N) is 6. The van der Waals surface area contributed by atoms with Crippen molar-refractivity contribution in [1.29, 1.82) is 0 Å². The van der Waals surface area contributed by atoms with E-state index in [4.69, 9.17) is 0 Å². The van der Waals surface area contributed by atoms with E-state index < -0.39 is 30.0 Å². The molecule has 0 atom stereocenters. The number of hydrogen-bond donors (Lipinski definition) is 8. The summed E-state index contributed by atoms with van der Waals surface area (Å²) in [5.74, 6) is 0.738. The first-order valence-corrected chi connectivity index (χ1v) is 24.9. The maximum absolute atomic E-state index is 12.9. The van der Waals surface area contributed by atoms with Gasteiger partial charge in [-0.1, -0.05) is 133 Å². The van der Waals surface area contributed by atoms with Crippen LogP contribution in [0.2, 0.25) is 0 Å². The molecule has 0 saturated heterocycles. The molecule has 18 nitrogen and oxygen atoms in total. The summed E-state index contributed by atoms with van der Waals surface area (Å²) >= 11 is 0. The molecule has 0 aliphatic rings. The monoisotopic (exact) mass is 992 g/mol. The highest BCUT2D eigenvalue weighted by Crippen LogP contribution is 2.32. The normalized spacial score (nSPS) is 11.6. The second-order valence-electron chi connectivity index (χ2n) is 15.9. The number of benzene rings is 8. The van der Waals surface area contributed by atoms with Gasteiger partial charge in [0.25, 0.3) is 20.2 Å². The Balaban J connectivity index is 0.935. The quantitative estimate of drug-likeness (QED) is 0.0331. The third kappa shape index (κ3) is 11.1. The van der Waals surface area contributed by atoms with Crippen molar-refractivity contribution in [3.63, 3.8) is 0 Å². The second-order valence-corrected chi connectivity index (χ2v) is 18.7. The van der Waals surface area contributed by atoms with Gasteiger partial charge in [0.1, 0.15) is 9.79 Å². The maximum atomic E-state index is 12.9. The summed E-state index contributed by atoms with van der Waals surface area (Å²) in [7, 11) is -9.77. The van der Waals surface area contributed by atoms with Crippen molar-refractivity contribution >= 4 is 124 Å². The van der Waals surface area contributed by atoms with E-state index in [0.717, 1.165) is 32.9 Å². The molecule has 72 heavy (non-hydrogen) atoms. The maximum Gasteiger partial charge on any atom is 0.295 e. The van der Waals surface area contributed by atoms with Crippen LogP contribution in [0.1, 0.15) is 11.1 Å². The van der Waals surface area contributed by atoms with Crippen molar-refractivity contribution in [3.8, 4) is 0 Å². The van der Waals surface area contributed by atoms with Crippen molar-refractivity contribution in [2.75, 3.05) is 31.9 Å². The molecule has 0 fully saturated rings. The van der Waals surface area contributed by atoms with Gasteiger partial charge in [-0.2, -0.15) is 46.7 Å². The van der Waals surface area contributed by atoms with Gasteiger partial charge < -0.3 is 31.9 Å². The number of nitrogens with one attached hydrogen (secondary N) is 6. The van der Waals surface area contributed by atoms with Gasteiger partial charge >= 0.3 is 0 Å². The van der Waals surface area contributed by atoms with E-state index in [-0.39, 0.29) is 58.2 Å². The van der Waals surface area contributed by atoms with Crippen LogP contribution in [0.5, 0.6) is 0 Å². The fourth-order valence-corrected chi connectivity index (χ4v) is 9.10. The summed E-state index contributed by atoms with van der Waals surface area (Å²) in [6.07, 6.45) is 2.58. The first-order valence-electron chi connectivity index (χ1n) is 22.0. The first-order chi connectivity index (χ1) is 34.9. The minimum Gasteiger partial charge on any atom is -0.324 e. The lowest BCUT2D eigenvalue weighted by Crippen LogP contribution is -2.08. The van der Waals surface area contributed by atoms with Crippen LogP contribution in [-0.4, -0.2) is 55.8 Å². The highest BCUT2D eigenvalue weighted by atomic mass is 32.2. The molecule has 0 saturated carbocycles. The number of hydrogen-bond acceptors (Lipinski definition) is 16. The summed E-state index contributed by atoms with van der Waals surface area (Å²) in [5, 5.41) is 22.7. The molecule has 10 rings (SSSR count). The van der Waals surface area contributed by atoms with Gasteiger partial charge in [-0.05, 0) is 82.6 Å². The van der Waals surface area contributed by atoms with E-state index in [9.17, 15) is 25.9 Å². The van der Waals surface area contributed by atoms with Crippen LogP contribution < -0.4 is 31.9 Å². The molecule has 0 radical (unpaired) electrons. The molecule has 2 heterocycles. The van der Waals surface area contributed by atoms with E-state index >= 15 is 0 Å². The van der Waals surface area contributed by atoms with Crippen LogP contribution in [0.3, 0.4) is 0 Å². The number of rotatable bonds is 16. The molecule has 0 spiro atoms. The van der Waals surface area contributed by atoms with Crippen LogP contribution >= 0.6 is 0 Å². The number of aromatic nitrogens is 6. The van der Waals surface area contributed by atoms with Crippen molar-refractivity contribution in [1.82, 2.24) is 29.9 Å². The molecule has 0 amide bonds. The highest BCUT2D eigenvalue weighted by molar-refractivity contribution is 7.86. The first kappa shape index (κ1) is 46.4. The molecule has 2 aromatic heterocycles. The Kier molecular flexibility index (Phi) is 12.9. The Morgan fingerprint density at radius 1 is 0.333 bits per heavy atom. The molecule has 8 N–H and O–H groups in total. The lowest BCUT2D eigenvalue weighted by molar-refractivity contribution is 0.480. The van der Waals surface area contributed by atoms with Gasteiger partial charge in [0.2, 0.25) is 35.7 Å². The molecule has 8 aromatic carbocycles. The lowest BCUT2D eigenvalue weighted by atomic mass is 10.1. The summed E-state index contributed by atoms with van der Waals surface area (Å²) < 4.78 is 72.5. The summed E-state index contributed by atoms with van der Waals surface area (Å²) in [6.45, 7) is 0. The Morgan fingerprint density at radius 3 is 1.03 bits per heavy atom. The minimum absolute atomic E-state index is 0.0122. The largest absolute Gasteiger partial charge is 0.324 e. The van der Waals surface area contributed by atoms with Crippen molar-refractivity contribution in [3.05, 3.63) is 193 Å². The third-order valence-electron chi connectivity index (χ3n) is 10.9. The topological polar surface area (TPSA) is 258 Å². The Labute approximate surface area is 412 Å². The fraction of sp³-hybridized carbons (Fsp3) is 0. The van der Waals surface area contributed by atoms with Gasteiger partial charge in [0.05, 0.1) is 0 Å². The van der Waals surface area contributed by atoms with Gasteiger partial charge in [-0.25, -0.2) is 0 Å². The predicted octanol–water partition coefficient (Wildman–Crippen LogP) is 11.5. The van der Waals surface area contributed by atoms with Crippen molar-refractivity contribution < 1.29 is 25.9 Å². The van der Waals surface area contributed by atoms with E-state index in [1.807, 2.05) is 146 Å². The third-order valence-corrected chi connectivity index (χ3v) is 12.8. The zero-order valence-corrected chi connectivity index (χ0v) is 39.1. The SMILES string of the molecule is O=S(=O)(O)c1cc(Nc2nc(Nc3ccccc3)nc(Nc3cccc4ccccc34)n2)ccc1C=Cc1ccc(Nc2nc(Nc3ccccc3)nc(Nc3cccc4ccccc34)n2)cc1S(=O)(=O)O. The van der Waals surface area contributed by atoms with Gasteiger partial charge in [-0.15, -0.1) is 0 Å². The Morgan fingerprint density at radius 2 is 0.653 bits per heavy atom. The van der Waals surface area contributed by atoms with Crippen LogP contribution in [-0.2, 0) is 20.2 Å². The minimum atomic E-state index is -4.89. The van der Waals surface area contributed by atoms with E-state index in [1.165, 1.54) is 48.6 Å². The summed E-state index contributed by atoms with van der Waals surface area (Å²) in [6, 6.07) is 53.8. The van der Waals surface area contributed by atoms with E-state index in [2.05, 4.69) is 61.8 Å². The zero-order valence-electron chi connectivity index (χ0n) is 37.5. The fourth-order valence-electron chi connectivity index (χ4n) is 7.68. The average Bonchev–Trinajstić information content (AvgIpc) is 3.36. The second kappa shape index (κ2) is 19.9. The van der Waals surface area contributed by atoms with Crippen LogP contribution in [0.25, 0.3) is 33.7 Å². The Hall–Kier alpha value is -9.34.